The lowest BCUT2D eigenvalue weighted by atomic mass is 9.94. The Labute approximate surface area is 93.2 Å². The molecule has 1 saturated heterocycles. The lowest BCUT2D eigenvalue weighted by molar-refractivity contribution is -0.136. The topological polar surface area (TPSA) is 32.3 Å². The molecule has 0 aromatic rings. The van der Waals surface area contributed by atoms with Crippen LogP contribution in [0.2, 0.25) is 0 Å². The fourth-order valence-corrected chi connectivity index (χ4v) is 2.16. The molecule has 1 N–H and O–H groups in total. The van der Waals surface area contributed by atoms with Crippen LogP contribution in [0.3, 0.4) is 0 Å². The fourth-order valence-electron chi connectivity index (χ4n) is 2.16. The van der Waals surface area contributed by atoms with Crippen molar-refractivity contribution in [1.29, 1.82) is 0 Å². The summed E-state index contributed by atoms with van der Waals surface area (Å²) in [6, 6.07) is 0.579. The normalized spacial score (nSPS) is 26.3. The highest BCUT2D eigenvalue weighted by atomic mass is 16.2. The van der Waals surface area contributed by atoms with Crippen molar-refractivity contribution in [2.45, 2.75) is 46.1 Å². The first kappa shape index (κ1) is 12.5. The van der Waals surface area contributed by atoms with E-state index < -0.39 is 0 Å². The quantitative estimate of drug-likeness (QED) is 0.768. The van der Waals surface area contributed by atoms with Crippen molar-refractivity contribution in [3.63, 3.8) is 0 Å². The summed E-state index contributed by atoms with van der Waals surface area (Å²) in [4.78, 5) is 14.1. The summed E-state index contributed by atoms with van der Waals surface area (Å²) >= 11 is 0. The number of hydrogen-bond donors (Lipinski definition) is 1. The summed E-state index contributed by atoms with van der Waals surface area (Å²) in [6.45, 7) is 8.98. The fraction of sp³-hybridized carbons (Fsp3) is 0.917. The lowest BCUT2D eigenvalue weighted by Gasteiger charge is -2.31. The van der Waals surface area contributed by atoms with Crippen molar-refractivity contribution in [1.82, 2.24) is 10.2 Å². The van der Waals surface area contributed by atoms with E-state index in [0.29, 0.717) is 11.9 Å². The number of nitrogens with zero attached hydrogens (tertiary/aromatic N) is 1. The van der Waals surface area contributed by atoms with E-state index in [4.69, 9.17) is 0 Å². The molecule has 0 saturated carbocycles. The first-order valence-corrected chi connectivity index (χ1v) is 6.21. The summed E-state index contributed by atoms with van der Waals surface area (Å²) < 4.78 is 0. The minimum atomic E-state index is 0.215. The lowest BCUT2D eigenvalue weighted by Crippen LogP contribution is -2.45. The molecule has 0 spiro atoms. The average molecular weight is 212 g/mol. The Balaban J connectivity index is 2.44. The third kappa shape index (κ3) is 3.49. The number of carbonyl (C=O) groups excluding carboxylic acids is 1. The van der Waals surface area contributed by atoms with Crippen molar-refractivity contribution in [2.24, 2.45) is 5.92 Å². The van der Waals surface area contributed by atoms with Crippen LogP contribution in [0.5, 0.6) is 0 Å². The third-order valence-corrected chi connectivity index (χ3v) is 3.20. The first-order chi connectivity index (χ1) is 7.19. The molecule has 0 aliphatic carbocycles. The molecule has 1 heterocycles. The van der Waals surface area contributed by atoms with Crippen LogP contribution in [0.25, 0.3) is 0 Å². The van der Waals surface area contributed by atoms with Gasteiger partial charge in [0.1, 0.15) is 0 Å². The van der Waals surface area contributed by atoms with E-state index in [1.54, 1.807) is 0 Å². The van der Waals surface area contributed by atoms with Gasteiger partial charge in [-0.1, -0.05) is 6.92 Å². The second-order valence-corrected chi connectivity index (χ2v) is 4.50. The van der Waals surface area contributed by atoms with Crippen molar-refractivity contribution >= 4 is 5.91 Å². The van der Waals surface area contributed by atoms with Crippen molar-refractivity contribution in [3.05, 3.63) is 0 Å². The van der Waals surface area contributed by atoms with Gasteiger partial charge in [0.15, 0.2) is 0 Å². The van der Waals surface area contributed by atoms with Crippen LogP contribution in [0.1, 0.15) is 40.0 Å². The van der Waals surface area contributed by atoms with E-state index in [0.717, 1.165) is 38.9 Å². The Hall–Kier alpha value is -0.570. The molecular weight excluding hydrogens is 188 g/mol. The van der Waals surface area contributed by atoms with Gasteiger partial charge in [-0.3, -0.25) is 4.79 Å². The zero-order chi connectivity index (χ0) is 11.3. The SMILES string of the molecule is CCCN(CC)C(=O)C1CCC(C)NC1. The molecule has 0 aromatic carbocycles. The second-order valence-electron chi connectivity index (χ2n) is 4.50. The summed E-state index contributed by atoms with van der Waals surface area (Å²) in [5.41, 5.74) is 0. The number of carbonyl (C=O) groups is 1. The molecule has 15 heavy (non-hydrogen) atoms. The standard InChI is InChI=1S/C12H24N2O/c1-4-8-14(5-2)12(15)11-7-6-10(3)13-9-11/h10-11,13H,4-9H2,1-3H3. The van der Waals surface area contributed by atoms with E-state index in [2.05, 4.69) is 26.1 Å². The van der Waals surface area contributed by atoms with Crippen LogP contribution in [0, 0.1) is 5.92 Å². The first-order valence-electron chi connectivity index (χ1n) is 6.21. The van der Waals surface area contributed by atoms with E-state index >= 15 is 0 Å². The highest BCUT2D eigenvalue weighted by Crippen LogP contribution is 2.16. The summed E-state index contributed by atoms with van der Waals surface area (Å²) in [5, 5.41) is 3.39. The zero-order valence-corrected chi connectivity index (χ0v) is 10.3. The van der Waals surface area contributed by atoms with Crippen molar-refractivity contribution < 1.29 is 4.79 Å². The van der Waals surface area contributed by atoms with Crippen molar-refractivity contribution in [3.8, 4) is 0 Å². The number of nitrogens with one attached hydrogen (secondary N) is 1. The van der Waals surface area contributed by atoms with Gasteiger partial charge in [-0.25, -0.2) is 0 Å². The monoisotopic (exact) mass is 212 g/mol. The summed E-state index contributed by atoms with van der Waals surface area (Å²) in [5.74, 6) is 0.562. The van der Waals surface area contributed by atoms with Gasteiger partial charge in [-0.2, -0.15) is 0 Å². The van der Waals surface area contributed by atoms with Crippen LogP contribution in [0.15, 0.2) is 0 Å². The molecule has 3 nitrogen and oxygen atoms in total. The Bertz CT molecular complexity index is 198. The van der Waals surface area contributed by atoms with E-state index in [-0.39, 0.29) is 5.92 Å². The van der Waals surface area contributed by atoms with Gasteiger partial charge in [0.05, 0.1) is 5.92 Å². The predicted molar refractivity (Wildman–Crippen MR) is 62.7 cm³/mol. The Morgan fingerprint density at radius 2 is 2.13 bits per heavy atom. The molecular formula is C12H24N2O. The molecule has 1 aliphatic rings. The number of piperidine rings is 1. The Morgan fingerprint density at radius 1 is 1.40 bits per heavy atom. The van der Waals surface area contributed by atoms with Crippen LogP contribution in [0.4, 0.5) is 0 Å². The van der Waals surface area contributed by atoms with Crippen molar-refractivity contribution in [2.75, 3.05) is 19.6 Å². The molecule has 1 fully saturated rings. The van der Waals surface area contributed by atoms with Gasteiger partial charge in [-0.05, 0) is 33.1 Å². The van der Waals surface area contributed by atoms with Crippen LogP contribution >= 0.6 is 0 Å². The molecule has 0 aromatic heterocycles. The minimum Gasteiger partial charge on any atom is -0.343 e. The molecule has 88 valence electrons. The van der Waals surface area contributed by atoms with Gasteiger partial charge >= 0.3 is 0 Å². The molecule has 3 heteroatoms. The van der Waals surface area contributed by atoms with Gasteiger partial charge in [-0.15, -0.1) is 0 Å². The predicted octanol–water partition coefficient (Wildman–Crippen LogP) is 1.63. The maximum Gasteiger partial charge on any atom is 0.226 e. The van der Waals surface area contributed by atoms with E-state index in [9.17, 15) is 4.79 Å². The smallest absolute Gasteiger partial charge is 0.226 e. The highest BCUT2D eigenvalue weighted by Gasteiger charge is 2.26. The molecule has 1 rings (SSSR count). The largest absolute Gasteiger partial charge is 0.343 e. The van der Waals surface area contributed by atoms with Gasteiger partial charge in [0.2, 0.25) is 5.91 Å². The molecule has 2 atom stereocenters. The summed E-state index contributed by atoms with van der Waals surface area (Å²) in [7, 11) is 0. The molecule has 1 amide bonds. The molecule has 1 aliphatic heterocycles. The molecule has 0 radical (unpaired) electrons. The van der Waals surface area contributed by atoms with E-state index in [1.165, 1.54) is 0 Å². The highest BCUT2D eigenvalue weighted by molar-refractivity contribution is 5.79. The van der Waals surface area contributed by atoms with Crippen LogP contribution in [-0.4, -0.2) is 36.5 Å². The van der Waals surface area contributed by atoms with Gasteiger partial charge in [0.25, 0.3) is 0 Å². The maximum atomic E-state index is 12.1. The zero-order valence-electron chi connectivity index (χ0n) is 10.3. The molecule has 0 bridgehead atoms. The number of rotatable bonds is 4. The molecule has 2 unspecified atom stereocenters. The average Bonchev–Trinajstić information content (AvgIpc) is 2.26. The third-order valence-electron chi connectivity index (χ3n) is 3.20. The minimum absolute atomic E-state index is 0.215. The van der Waals surface area contributed by atoms with Crippen LogP contribution in [-0.2, 0) is 4.79 Å². The maximum absolute atomic E-state index is 12.1. The van der Waals surface area contributed by atoms with Gasteiger partial charge in [0, 0.05) is 25.7 Å². The Kier molecular flexibility index (Phi) is 5.09. The second kappa shape index (κ2) is 6.11. The Morgan fingerprint density at radius 3 is 2.60 bits per heavy atom. The van der Waals surface area contributed by atoms with Gasteiger partial charge < -0.3 is 10.2 Å². The summed E-state index contributed by atoms with van der Waals surface area (Å²) in [6.07, 6.45) is 3.23. The number of amides is 1. The van der Waals surface area contributed by atoms with Crippen LogP contribution < -0.4 is 5.32 Å². The number of hydrogen-bond acceptors (Lipinski definition) is 2. The van der Waals surface area contributed by atoms with E-state index in [1.807, 2.05) is 4.90 Å².